The molecule has 1 aliphatic heterocycles. The number of ether oxygens (including phenoxy) is 2. The molecule has 94 valence electrons. The van der Waals surface area contributed by atoms with Crippen molar-refractivity contribution in [2.75, 3.05) is 6.79 Å². The Kier molecular flexibility index (Phi) is 2.44. The minimum atomic E-state index is -0.0210. The van der Waals surface area contributed by atoms with Crippen molar-refractivity contribution in [3.63, 3.8) is 0 Å². The van der Waals surface area contributed by atoms with E-state index in [2.05, 4.69) is 9.97 Å². The molecule has 0 saturated carbocycles. The topological polar surface area (TPSA) is 49.2 Å². The van der Waals surface area contributed by atoms with Crippen LogP contribution in [-0.2, 0) is 0 Å². The van der Waals surface area contributed by atoms with E-state index in [9.17, 15) is 0 Å². The summed E-state index contributed by atoms with van der Waals surface area (Å²) in [7, 11) is 0. The van der Waals surface area contributed by atoms with Crippen molar-refractivity contribution in [3.05, 3.63) is 35.2 Å². The summed E-state index contributed by atoms with van der Waals surface area (Å²) in [6.07, 6.45) is 3.43. The van der Waals surface area contributed by atoms with Crippen LogP contribution in [0, 0.1) is 4.64 Å². The maximum absolute atomic E-state index is 5.54. The third-order valence-electron chi connectivity index (χ3n) is 2.82. The zero-order valence-electron chi connectivity index (χ0n) is 9.57. The predicted molar refractivity (Wildman–Crippen MR) is 72.8 cm³/mol. The van der Waals surface area contributed by atoms with Crippen molar-refractivity contribution in [2.45, 2.75) is 0 Å². The molecule has 1 aliphatic rings. The van der Waals surface area contributed by atoms with Crippen LogP contribution in [-0.4, -0.2) is 35.1 Å². The first-order valence-corrected chi connectivity index (χ1v) is 7.60. The summed E-state index contributed by atoms with van der Waals surface area (Å²) < 4.78 is 14.8. The average molecular weight is 336 g/mol. The van der Waals surface area contributed by atoms with E-state index in [-0.39, 0.29) is 21.5 Å². The van der Waals surface area contributed by atoms with E-state index in [1.807, 2.05) is 15.7 Å². The second-order valence-corrected chi connectivity index (χ2v) is 6.31. The summed E-state index contributed by atoms with van der Waals surface area (Å²) in [6, 6.07) is 5.67. The molecule has 4 rings (SSSR count). The van der Waals surface area contributed by atoms with Crippen LogP contribution in [0.15, 0.2) is 30.6 Å². The van der Waals surface area contributed by atoms with Crippen molar-refractivity contribution >= 4 is 36.6 Å². The van der Waals surface area contributed by atoms with Crippen LogP contribution in [0.3, 0.4) is 0 Å². The number of hydrogen-bond donors (Lipinski definition) is 0. The summed E-state index contributed by atoms with van der Waals surface area (Å²) in [6.45, 7) is 0.274. The maximum atomic E-state index is 5.54. The Bertz CT molecular complexity index is 828. The van der Waals surface area contributed by atoms with E-state index < -0.39 is 0 Å². The summed E-state index contributed by atoms with van der Waals surface area (Å²) in [5.74, 6) is 2.24. The Hall–Kier alpha value is -1.69. The molecule has 0 saturated heterocycles. The van der Waals surface area contributed by atoms with Gasteiger partial charge in [-0.25, -0.2) is 0 Å². The molecule has 7 heteroatoms. The molecule has 0 radical (unpaired) electrons. The zero-order valence-corrected chi connectivity index (χ0v) is 12.1. The molecule has 0 N–H and O–H groups in total. The van der Waals surface area contributed by atoms with Crippen LogP contribution >= 0.6 is 12.2 Å². The molecule has 0 spiro atoms. The van der Waals surface area contributed by atoms with Gasteiger partial charge in [0.2, 0.25) is 0 Å². The van der Waals surface area contributed by atoms with Crippen molar-refractivity contribution in [3.8, 4) is 17.4 Å². The third-order valence-corrected chi connectivity index (χ3v) is 5.83. The molecule has 3 heterocycles. The van der Waals surface area contributed by atoms with Crippen LogP contribution in [0.25, 0.3) is 15.6 Å². The molecule has 0 amide bonds. The van der Waals surface area contributed by atoms with Crippen LogP contribution in [0.4, 0.5) is 0 Å². The molecule has 5 nitrogen and oxygen atoms in total. The minimum absolute atomic E-state index is 0.0210. The van der Waals surface area contributed by atoms with E-state index in [4.69, 9.17) is 21.7 Å². The summed E-state index contributed by atoms with van der Waals surface area (Å²) in [5, 5.41) is 1.02. The fourth-order valence-corrected chi connectivity index (χ4v) is 4.76. The van der Waals surface area contributed by atoms with Gasteiger partial charge in [0.15, 0.2) is 0 Å². The molecular formula is C12H7N3O2SSe. The molecule has 0 aliphatic carbocycles. The van der Waals surface area contributed by atoms with Gasteiger partial charge in [0, 0.05) is 0 Å². The monoisotopic (exact) mass is 337 g/mol. The van der Waals surface area contributed by atoms with Gasteiger partial charge < -0.3 is 0 Å². The van der Waals surface area contributed by atoms with Crippen molar-refractivity contribution in [2.24, 2.45) is 0 Å². The second-order valence-electron chi connectivity index (χ2n) is 3.92. The first kappa shape index (κ1) is 11.2. The van der Waals surface area contributed by atoms with Gasteiger partial charge in [-0.1, -0.05) is 0 Å². The molecule has 3 aromatic rings. The summed E-state index contributed by atoms with van der Waals surface area (Å²) >= 11 is 5.49. The number of hydrogen-bond acceptors (Lipinski definition) is 5. The second kappa shape index (κ2) is 4.16. The van der Waals surface area contributed by atoms with Crippen LogP contribution < -0.4 is 9.47 Å². The van der Waals surface area contributed by atoms with Gasteiger partial charge in [-0.2, -0.15) is 0 Å². The SMILES string of the molecule is S=c1c2ccc3c(c2[se]n1-c1ncccn1)OCO3. The average Bonchev–Trinajstić information content (AvgIpc) is 3.04. The molecule has 0 atom stereocenters. The zero-order chi connectivity index (χ0) is 12.8. The fraction of sp³-hybridized carbons (Fsp3) is 0.0833. The predicted octanol–water partition coefficient (Wildman–Crippen LogP) is 1.94. The first-order valence-electron chi connectivity index (χ1n) is 5.56. The van der Waals surface area contributed by atoms with Crippen molar-refractivity contribution in [1.29, 1.82) is 0 Å². The van der Waals surface area contributed by atoms with Crippen LogP contribution in [0.1, 0.15) is 0 Å². The molecule has 2 aromatic heterocycles. The Labute approximate surface area is 119 Å². The molecule has 0 bridgehead atoms. The molecule has 0 unspecified atom stereocenters. The number of fused-ring (bicyclic) bond motifs is 3. The van der Waals surface area contributed by atoms with Gasteiger partial charge >= 0.3 is 119 Å². The number of benzene rings is 1. The van der Waals surface area contributed by atoms with Crippen molar-refractivity contribution in [1.82, 2.24) is 13.5 Å². The molecular weight excluding hydrogens is 329 g/mol. The Morgan fingerprint density at radius 2 is 2.05 bits per heavy atom. The fourth-order valence-electron chi connectivity index (χ4n) is 1.98. The number of rotatable bonds is 1. The van der Waals surface area contributed by atoms with Gasteiger partial charge in [-0.15, -0.1) is 0 Å². The molecule has 0 fully saturated rings. The van der Waals surface area contributed by atoms with Gasteiger partial charge in [-0.05, 0) is 0 Å². The summed E-state index contributed by atoms with van der Waals surface area (Å²) in [4.78, 5) is 8.52. The van der Waals surface area contributed by atoms with Gasteiger partial charge in [-0.3, -0.25) is 0 Å². The summed E-state index contributed by atoms with van der Waals surface area (Å²) in [5.41, 5.74) is 0. The van der Waals surface area contributed by atoms with E-state index >= 15 is 0 Å². The Morgan fingerprint density at radius 1 is 1.21 bits per heavy atom. The molecule has 1 aromatic carbocycles. The normalized spacial score (nSPS) is 13.1. The van der Waals surface area contributed by atoms with Crippen LogP contribution in [0.2, 0.25) is 0 Å². The Balaban J connectivity index is 2.05. The standard InChI is InChI=1S/C12H7N3O2SSe/c18-11-7-2-3-8-9(17-6-16-8)10(7)19-15(11)12-13-4-1-5-14-12/h1-5H,6H2. The van der Waals surface area contributed by atoms with Crippen LogP contribution in [0.5, 0.6) is 11.5 Å². The Morgan fingerprint density at radius 3 is 2.89 bits per heavy atom. The van der Waals surface area contributed by atoms with Gasteiger partial charge in [0.25, 0.3) is 0 Å². The number of nitrogens with zero attached hydrogens (tertiary/aromatic N) is 3. The van der Waals surface area contributed by atoms with Gasteiger partial charge in [0.05, 0.1) is 0 Å². The van der Waals surface area contributed by atoms with Crippen molar-refractivity contribution < 1.29 is 9.47 Å². The third kappa shape index (κ3) is 1.63. The first-order chi connectivity index (χ1) is 9.34. The van der Waals surface area contributed by atoms with E-state index in [0.717, 1.165) is 25.8 Å². The quantitative estimate of drug-likeness (QED) is 0.502. The number of aromatic nitrogens is 3. The molecule has 19 heavy (non-hydrogen) atoms. The van der Waals surface area contributed by atoms with E-state index in [1.54, 1.807) is 18.5 Å². The van der Waals surface area contributed by atoms with E-state index in [1.165, 1.54) is 0 Å². The van der Waals surface area contributed by atoms with E-state index in [0.29, 0.717) is 5.95 Å². The van der Waals surface area contributed by atoms with Gasteiger partial charge in [0.1, 0.15) is 0 Å².